The van der Waals surface area contributed by atoms with Gasteiger partial charge in [0.15, 0.2) is 0 Å². The number of carbonyl (C=O) groups excluding carboxylic acids is 1. The predicted molar refractivity (Wildman–Crippen MR) is 95.8 cm³/mol. The van der Waals surface area contributed by atoms with Crippen LogP contribution in [-0.4, -0.2) is 32.7 Å². The molecular weight excluding hydrogens is 300 g/mol. The number of amides is 1. The van der Waals surface area contributed by atoms with Gasteiger partial charge in [0.1, 0.15) is 5.75 Å². The van der Waals surface area contributed by atoms with Gasteiger partial charge >= 0.3 is 0 Å². The van der Waals surface area contributed by atoms with E-state index >= 15 is 0 Å². The highest BCUT2D eigenvalue weighted by Gasteiger charge is 2.11. The Labute approximate surface area is 143 Å². The largest absolute Gasteiger partial charge is 0.497 e. The van der Waals surface area contributed by atoms with Crippen molar-refractivity contribution < 1.29 is 9.53 Å². The van der Waals surface area contributed by atoms with Crippen molar-refractivity contribution in [3.8, 4) is 5.75 Å². The molecule has 4 nitrogen and oxygen atoms in total. The second kappa shape index (κ2) is 7.97. The van der Waals surface area contributed by atoms with Crippen molar-refractivity contribution in [2.24, 2.45) is 0 Å². The molecule has 0 fully saturated rings. The predicted octanol–water partition coefficient (Wildman–Crippen LogP) is 2.36. The van der Waals surface area contributed by atoms with Crippen LogP contribution >= 0.6 is 0 Å². The van der Waals surface area contributed by atoms with Crippen molar-refractivity contribution in [3.05, 3.63) is 64.7 Å². The van der Waals surface area contributed by atoms with Crippen LogP contribution in [0.4, 0.5) is 0 Å². The molecule has 3 rings (SSSR count). The van der Waals surface area contributed by atoms with Crippen molar-refractivity contribution in [2.75, 3.05) is 26.7 Å². The molecule has 0 aliphatic carbocycles. The molecule has 1 amide bonds. The standard InChI is InChI=1S/C20H24N2O2/c1-24-19-6-2-15(3-7-19)8-13-22-20(23)18-5-4-16-9-11-21-12-10-17(16)14-18/h2-7,14,21H,8-13H2,1H3,(H,22,23). The molecule has 0 aromatic heterocycles. The number of rotatable bonds is 5. The van der Waals surface area contributed by atoms with E-state index in [1.807, 2.05) is 36.4 Å². The quantitative estimate of drug-likeness (QED) is 0.888. The Morgan fingerprint density at radius 2 is 1.83 bits per heavy atom. The molecule has 0 bridgehead atoms. The van der Waals surface area contributed by atoms with E-state index in [0.717, 1.165) is 43.7 Å². The molecule has 126 valence electrons. The summed E-state index contributed by atoms with van der Waals surface area (Å²) in [5.41, 5.74) is 4.59. The third kappa shape index (κ3) is 4.15. The third-order valence-corrected chi connectivity index (χ3v) is 4.47. The maximum atomic E-state index is 12.4. The molecular formula is C20H24N2O2. The molecule has 2 aromatic carbocycles. The first-order chi connectivity index (χ1) is 11.8. The zero-order valence-electron chi connectivity index (χ0n) is 14.1. The smallest absolute Gasteiger partial charge is 0.251 e. The van der Waals surface area contributed by atoms with Gasteiger partial charge < -0.3 is 15.4 Å². The Kier molecular flexibility index (Phi) is 5.49. The van der Waals surface area contributed by atoms with Crippen molar-refractivity contribution in [1.82, 2.24) is 10.6 Å². The highest BCUT2D eigenvalue weighted by molar-refractivity contribution is 5.94. The molecule has 24 heavy (non-hydrogen) atoms. The summed E-state index contributed by atoms with van der Waals surface area (Å²) in [5, 5.41) is 6.41. The molecule has 0 spiro atoms. The summed E-state index contributed by atoms with van der Waals surface area (Å²) in [4.78, 5) is 12.4. The van der Waals surface area contributed by atoms with E-state index in [4.69, 9.17) is 4.74 Å². The van der Waals surface area contributed by atoms with Gasteiger partial charge in [-0.15, -0.1) is 0 Å². The average molecular weight is 324 g/mol. The Morgan fingerprint density at radius 3 is 2.58 bits per heavy atom. The molecule has 2 aromatic rings. The SMILES string of the molecule is COc1ccc(CCNC(=O)c2ccc3c(c2)CCNCC3)cc1. The molecule has 4 heteroatoms. The fourth-order valence-electron chi connectivity index (χ4n) is 3.03. The lowest BCUT2D eigenvalue weighted by atomic mass is 10.00. The van der Waals surface area contributed by atoms with Gasteiger partial charge in [-0.1, -0.05) is 18.2 Å². The van der Waals surface area contributed by atoms with Crippen LogP contribution in [0.25, 0.3) is 0 Å². The van der Waals surface area contributed by atoms with Gasteiger partial charge in [0.05, 0.1) is 7.11 Å². The number of benzene rings is 2. The van der Waals surface area contributed by atoms with Crippen LogP contribution in [0.5, 0.6) is 5.75 Å². The molecule has 1 aliphatic rings. The minimum absolute atomic E-state index is 0.00326. The van der Waals surface area contributed by atoms with Gasteiger partial charge in [-0.25, -0.2) is 0 Å². The van der Waals surface area contributed by atoms with Crippen molar-refractivity contribution in [2.45, 2.75) is 19.3 Å². The van der Waals surface area contributed by atoms with Crippen LogP contribution in [0.3, 0.4) is 0 Å². The minimum atomic E-state index is 0.00326. The average Bonchev–Trinajstić information content (AvgIpc) is 2.87. The van der Waals surface area contributed by atoms with Crippen LogP contribution in [0, 0.1) is 0 Å². The molecule has 2 N–H and O–H groups in total. The summed E-state index contributed by atoms with van der Waals surface area (Å²) in [6.07, 6.45) is 2.83. The first-order valence-electron chi connectivity index (χ1n) is 8.50. The molecule has 0 radical (unpaired) electrons. The molecule has 0 saturated carbocycles. The van der Waals surface area contributed by atoms with Crippen molar-refractivity contribution in [3.63, 3.8) is 0 Å². The number of nitrogens with one attached hydrogen (secondary N) is 2. The Morgan fingerprint density at radius 1 is 1.08 bits per heavy atom. The zero-order valence-corrected chi connectivity index (χ0v) is 14.1. The Bertz CT molecular complexity index is 695. The normalized spacial score (nSPS) is 13.7. The van der Waals surface area contributed by atoms with Crippen LogP contribution in [-0.2, 0) is 19.3 Å². The number of methoxy groups -OCH3 is 1. The van der Waals surface area contributed by atoms with Gasteiger partial charge in [-0.05, 0) is 73.3 Å². The second-order valence-electron chi connectivity index (χ2n) is 6.09. The number of fused-ring (bicyclic) bond motifs is 1. The Hall–Kier alpha value is -2.33. The van der Waals surface area contributed by atoms with Gasteiger partial charge in [0.25, 0.3) is 5.91 Å². The maximum absolute atomic E-state index is 12.4. The number of hydrogen-bond acceptors (Lipinski definition) is 3. The summed E-state index contributed by atoms with van der Waals surface area (Å²) < 4.78 is 5.15. The number of carbonyl (C=O) groups is 1. The van der Waals surface area contributed by atoms with Gasteiger partial charge in [0.2, 0.25) is 0 Å². The molecule has 0 unspecified atom stereocenters. The highest BCUT2D eigenvalue weighted by Crippen LogP contribution is 2.15. The third-order valence-electron chi connectivity index (χ3n) is 4.47. The topological polar surface area (TPSA) is 50.4 Å². The lowest BCUT2D eigenvalue weighted by Crippen LogP contribution is -2.25. The van der Waals surface area contributed by atoms with E-state index in [2.05, 4.69) is 16.7 Å². The minimum Gasteiger partial charge on any atom is -0.497 e. The van der Waals surface area contributed by atoms with Crippen LogP contribution < -0.4 is 15.4 Å². The highest BCUT2D eigenvalue weighted by atomic mass is 16.5. The lowest BCUT2D eigenvalue weighted by molar-refractivity contribution is 0.0954. The first-order valence-corrected chi connectivity index (χ1v) is 8.50. The summed E-state index contributed by atoms with van der Waals surface area (Å²) in [5.74, 6) is 0.853. The van der Waals surface area contributed by atoms with E-state index in [9.17, 15) is 4.79 Å². The molecule has 0 saturated heterocycles. The Balaban J connectivity index is 1.55. The van der Waals surface area contributed by atoms with E-state index in [-0.39, 0.29) is 5.91 Å². The van der Waals surface area contributed by atoms with Gasteiger partial charge in [0, 0.05) is 12.1 Å². The summed E-state index contributed by atoms with van der Waals surface area (Å²) >= 11 is 0. The maximum Gasteiger partial charge on any atom is 0.251 e. The summed E-state index contributed by atoms with van der Waals surface area (Å²) in [6.45, 7) is 2.62. The first kappa shape index (κ1) is 16.5. The van der Waals surface area contributed by atoms with E-state index < -0.39 is 0 Å². The monoisotopic (exact) mass is 324 g/mol. The van der Waals surface area contributed by atoms with Gasteiger partial charge in [-0.3, -0.25) is 4.79 Å². The van der Waals surface area contributed by atoms with Crippen molar-refractivity contribution in [1.29, 1.82) is 0 Å². The van der Waals surface area contributed by atoms with Gasteiger partial charge in [-0.2, -0.15) is 0 Å². The van der Waals surface area contributed by atoms with Crippen molar-refractivity contribution >= 4 is 5.91 Å². The second-order valence-corrected chi connectivity index (χ2v) is 6.09. The fraction of sp³-hybridized carbons (Fsp3) is 0.350. The lowest BCUT2D eigenvalue weighted by Gasteiger charge is -2.09. The number of hydrogen-bond donors (Lipinski definition) is 2. The molecule has 0 atom stereocenters. The van der Waals surface area contributed by atoms with Crippen LogP contribution in [0.15, 0.2) is 42.5 Å². The van der Waals surface area contributed by atoms with Crippen LogP contribution in [0.1, 0.15) is 27.0 Å². The fourth-order valence-corrected chi connectivity index (χ4v) is 3.03. The zero-order chi connectivity index (χ0) is 16.8. The van der Waals surface area contributed by atoms with E-state index in [1.165, 1.54) is 16.7 Å². The molecule has 1 aliphatic heterocycles. The van der Waals surface area contributed by atoms with E-state index in [1.54, 1.807) is 7.11 Å². The summed E-state index contributed by atoms with van der Waals surface area (Å²) in [7, 11) is 1.66. The number of ether oxygens (including phenoxy) is 1. The van der Waals surface area contributed by atoms with E-state index in [0.29, 0.717) is 6.54 Å². The summed E-state index contributed by atoms with van der Waals surface area (Å²) in [6, 6.07) is 14.0. The van der Waals surface area contributed by atoms with Crippen LogP contribution in [0.2, 0.25) is 0 Å². The molecule has 1 heterocycles.